The van der Waals surface area contributed by atoms with Crippen LogP contribution in [0.5, 0.6) is 0 Å². The molecule has 0 radical (unpaired) electrons. The first kappa shape index (κ1) is 27.0. The van der Waals surface area contributed by atoms with Gasteiger partial charge in [0.25, 0.3) is 0 Å². The normalized spacial score (nSPS) is 5.00. The van der Waals surface area contributed by atoms with E-state index >= 15 is 0 Å². The number of Topliss-reactive ketones (excluding diaryl/α,β-unsaturated/α-hetero) is 1. The predicted molar refractivity (Wildman–Crippen MR) is 32.0 cm³/mol. The van der Waals surface area contributed by atoms with Gasteiger partial charge < -0.3 is 16.5 Å². The molecule has 0 aliphatic heterocycles. The number of carbonyl (C=O) groups excluding carboxylic acids is 2. The Bertz CT molecular complexity index is 70.1. The van der Waals surface area contributed by atoms with Crippen LogP contribution in [0.2, 0.25) is 0 Å². The fourth-order valence-electron chi connectivity index (χ4n) is 0. The summed E-state index contributed by atoms with van der Waals surface area (Å²) in [6.45, 7) is 6.17. The fraction of sp³-hybridized carbons (Fsp3) is 0.500. The maximum atomic E-state index is 9.33. The van der Waals surface area contributed by atoms with Crippen molar-refractivity contribution in [2.45, 2.75) is 20.3 Å². The minimum Gasteiger partial charge on any atom is -0.542 e. The Balaban J connectivity index is -0.0000000300. The van der Waals surface area contributed by atoms with E-state index in [0.717, 1.165) is 0 Å². The van der Waals surface area contributed by atoms with Gasteiger partial charge in [0.05, 0.1) is 0 Å². The van der Waals surface area contributed by atoms with Crippen LogP contribution >= 0.6 is 0 Å². The minimum absolute atomic E-state index is 0. The zero-order valence-electron chi connectivity index (χ0n) is 6.64. The standard InChI is InChI=1S/2C3H5O.2Rf/c1-3(2)4;1-2-3-4;;/h1H2,2H3;2H2,1H3;;/q2*-1;;. The summed E-state index contributed by atoms with van der Waals surface area (Å²) in [5, 5.41) is 0. The third kappa shape index (κ3) is 28.8. The summed E-state index contributed by atoms with van der Waals surface area (Å²) in [6, 6.07) is 0. The van der Waals surface area contributed by atoms with Gasteiger partial charge in [-0.25, -0.2) is 0 Å². The van der Waals surface area contributed by atoms with Crippen LogP contribution in [0.3, 0.4) is 0 Å². The first-order valence-corrected chi connectivity index (χ1v) is 2.32. The topological polar surface area (TPSA) is 34.1 Å². The van der Waals surface area contributed by atoms with Crippen molar-refractivity contribution in [2.24, 2.45) is 0 Å². The number of hydrogen-bond acceptors (Lipinski definition) is 2. The number of carbonyl (C=O) groups is 1. The Morgan fingerprint density at radius 2 is 1.60 bits per heavy atom. The second kappa shape index (κ2) is 34.5. The van der Waals surface area contributed by atoms with E-state index in [1.165, 1.54) is 6.92 Å². The molecule has 0 aliphatic carbocycles. The summed E-state index contributed by atoms with van der Waals surface area (Å²) >= 11 is 0. The van der Waals surface area contributed by atoms with Crippen LogP contribution < -0.4 is 0 Å². The molecule has 0 unspecified atom stereocenters. The van der Waals surface area contributed by atoms with Crippen LogP contribution in [-0.4, -0.2) is 12.1 Å². The van der Waals surface area contributed by atoms with Crippen molar-refractivity contribution in [3.05, 3.63) is 6.92 Å². The molecule has 0 saturated heterocycles. The molecule has 0 aromatic carbocycles. The SMILES string of the molecule is CC[C-]=O.[CH2-]C(C)=O.[Rf].[Rf]. The molecule has 0 aliphatic rings. The summed E-state index contributed by atoms with van der Waals surface area (Å²) < 4.78 is 0. The van der Waals surface area contributed by atoms with E-state index in [-0.39, 0.29) is 5.78 Å². The van der Waals surface area contributed by atoms with E-state index in [9.17, 15) is 4.79 Å². The van der Waals surface area contributed by atoms with Crippen molar-refractivity contribution in [1.82, 2.24) is 0 Å². The minimum atomic E-state index is -0.0833. The van der Waals surface area contributed by atoms with E-state index in [0.29, 0.717) is 6.42 Å². The predicted octanol–water partition coefficient (Wildman–Crippen LogP) is 0.916. The summed E-state index contributed by atoms with van der Waals surface area (Å²) in [7, 11) is 0. The van der Waals surface area contributed by atoms with Crippen molar-refractivity contribution in [2.75, 3.05) is 0 Å². The van der Waals surface area contributed by atoms with Crippen molar-refractivity contribution in [3.63, 3.8) is 0 Å². The van der Waals surface area contributed by atoms with Crippen molar-refractivity contribution in [3.8, 4) is 0 Å². The molecule has 0 bridgehead atoms. The Labute approximate surface area is 49.9 Å². The van der Waals surface area contributed by atoms with Gasteiger partial charge in [0.15, 0.2) is 0 Å². The second-order valence-corrected chi connectivity index (χ2v) is 1.20. The average Bonchev–Trinajstić information content (AvgIpc) is 1.65. The molecule has 52 valence electrons. The molecule has 0 heterocycles. The Hall–Kier alpha value is -2.79. The first-order chi connectivity index (χ1) is 3.65. The van der Waals surface area contributed by atoms with E-state index in [1.807, 2.05) is 0 Å². The quantitative estimate of drug-likeness (QED) is 0.397. The summed E-state index contributed by atoms with van der Waals surface area (Å²) in [5.74, 6) is -0.0833. The van der Waals surface area contributed by atoms with Crippen LogP contribution in [-0.2, 0) is 9.59 Å². The third-order valence-corrected chi connectivity index (χ3v) is 0.144. The van der Waals surface area contributed by atoms with Gasteiger partial charge in [-0.05, 0) is 12.7 Å². The van der Waals surface area contributed by atoms with Gasteiger partial charge in [-0.3, -0.25) is 6.29 Å². The van der Waals surface area contributed by atoms with Gasteiger partial charge in [-0.15, -0.1) is 0 Å². The van der Waals surface area contributed by atoms with E-state index in [1.54, 1.807) is 13.2 Å². The molecule has 0 atom stereocenters. The largest absolute Gasteiger partial charge is 0.542 e. The number of rotatable bonds is 1. The summed E-state index contributed by atoms with van der Waals surface area (Å²) in [6.07, 6.45) is 2.19. The number of hydrogen-bond donors (Lipinski definition) is 0. The van der Waals surface area contributed by atoms with Crippen molar-refractivity contribution >= 4 is 12.1 Å². The fourth-order valence-corrected chi connectivity index (χ4v) is 0. The summed E-state index contributed by atoms with van der Waals surface area (Å²) in [4.78, 5) is 18.4. The van der Waals surface area contributed by atoms with Crippen LogP contribution in [0.1, 0.15) is 20.3 Å². The van der Waals surface area contributed by atoms with Gasteiger partial charge in [-0.2, -0.15) is 6.42 Å². The molecule has 0 amide bonds. The molecule has 0 aromatic heterocycles. The molecule has 0 N–H and O–H groups in total. The smallest absolute Gasteiger partial charge is 0 e. The van der Waals surface area contributed by atoms with Gasteiger partial charge in [0, 0.05) is 0 Å². The molecule has 0 aromatic rings. The Kier molecular flexibility index (Phi) is 93.1. The molecule has 4 heteroatoms. The van der Waals surface area contributed by atoms with Gasteiger partial charge >= 0.3 is 0 Å². The van der Waals surface area contributed by atoms with Crippen LogP contribution in [0.25, 0.3) is 0 Å². The monoisotopic (exact) mass is 648 g/mol. The molecule has 0 spiro atoms. The molecule has 0 fully saturated rings. The summed E-state index contributed by atoms with van der Waals surface area (Å²) in [5.41, 5.74) is 0. The van der Waals surface area contributed by atoms with Gasteiger partial charge in [0.2, 0.25) is 0 Å². The van der Waals surface area contributed by atoms with Crippen LogP contribution in [0.4, 0.5) is 0 Å². The van der Waals surface area contributed by atoms with Crippen molar-refractivity contribution < 1.29 is 9.59 Å². The second-order valence-electron chi connectivity index (χ2n) is 1.20. The Morgan fingerprint density at radius 1 is 1.50 bits per heavy atom. The molecule has 0 saturated carbocycles. The van der Waals surface area contributed by atoms with Gasteiger partial charge in [-0.1, -0.05) is 6.92 Å². The van der Waals surface area contributed by atoms with E-state index in [2.05, 4.69) is 6.92 Å². The Morgan fingerprint density at radius 3 is 1.60 bits per heavy atom. The van der Waals surface area contributed by atoms with E-state index < -0.39 is 0 Å². The molecule has 0 rings (SSSR count). The zero-order valence-corrected chi connectivity index (χ0v) is 19.4. The van der Waals surface area contributed by atoms with Crippen LogP contribution in [0, 0.1) is 6.92 Å². The maximum absolute atomic E-state index is 9.33. The zero-order chi connectivity index (χ0) is 6.99. The molecule has 10 heavy (non-hydrogen) atoms. The molecule has 2 nitrogen and oxygen atoms in total. The average molecular weight is 648 g/mol. The van der Waals surface area contributed by atoms with Gasteiger partial charge in [0.1, 0.15) is 0 Å². The first-order valence-electron chi connectivity index (χ1n) is 2.32. The number of ketones is 1. The maximum Gasteiger partial charge on any atom is 0 e. The van der Waals surface area contributed by atoms with Crippen LogP contribution in [0.15, 0.2) is 0 Å². The molecular formula is C6H10O2Rf2-2. The van der Waals surface area contributed by atoms with E-state index in [4.69, 9.17) is 4.79 Å². The third-order valence-electron chi connectivity index (χ3n) is 0.144. The van der Waals surface area contributed by atoms with Crippen molar-refractivity contribution in [1.29, 1.82) is 0 Å². The molecular weight excluding hydrogens is 638 g/mol.